The molecular formula is C25H24FN3O2S. The number of aryl methyl sites for hydroxylation is 4. The van der Waals surface area contributed by atoms with Gasteiger partial charge in [0.15, 0.2) is 0 Å². The summed E-state index contributed by atoms with van der Waals surface area (Å²) in [5, 5.41) is 0.806. The van der Waals surface area contributed by atoms with Crippen molar-refractivity contribution >= 4 is 28.3 Å². The molecule has 5 rings (SSSR count). The lowest BCUT2D eigenvalue weighted by atomic mass is 10.1. The van der Waals surface area contributed by atoms with E-state index in [2.05, 4.69) is 10.6 Å². The van der Waals surface area contributed by atoms with Gasteiger partial charge in [0.2, 0.25) is 0 Å². The predicted molar refractivity (Wildman–Crippen MR) is 123 cm³/mol. The Morgan fingerprint density at radius 1 is 1.22 bits per heavy atom. The number of benzene rings is 2. The van der Waals surface area contributed by atoms with E-state index >= 15 is 0 Å². The number of thiazole rings is 1. The molecule has 0 N–H and O–H groups in total. The summed E-state index contributed by atoms with van der Waals surface area (Å²) in [6.45, 7) is 5.13. The lowest BCUT2D eigenvalue weighted by Gasteiger charge is -2.06. The summed E-state index contributed by atoms with van der Waals surface area (Å²) < 4.78 is 21.3. The summed E-state index contributed by atoms with van der Waals surface area (Å²) >= 11 is 1.48. The molecule has 7 heteroatoms. The maximum atomic E-state index is 13.5. The second-order valence-corrected chi connectivity index (χ2v) is 9.23. The van der Waals surface area contributed by atoms with Crippen molar-refractivity contribution in [2.45, 2.75) is 52.7 Å². The van der Waals surface area contributed by atoms with E-state index in [1.807, 2.05) is 26.0 Å². The van der Waals surface area contributed by atoms with Gasteiger partial charge >= 0.3 is 5.97 Å². The van der Waals surface area contributed by atoms with E-state index in [-0.39, 0.29) is 24.8 Å². The number of carbonyl (C=O) groups excluding carboxylic acids is 1. The molecule has 0 radical (unpaired) electrons. The van der Waals surface area contributed by atoms with Crippen LogP contribution in [0.25, 0.3) is 21.6 Å². The van der Waals surface area contributed by atoms with Crippen LogP contribution < -0.4 is 0 Å². The Hall–Kier alpha value is -3.06. The number of hydrogen-bond donors (Lipinski definition) is 0. The molecule has 2 aromatic carbocycles. The first-order valence-electron chi connectivity index (χ1n) is 10.9. The zero-order valence-corrected chi connectivity index (χ0v) is 19.0. The third-order valence-electron chi connectivity index (χ3n) is 5.91. The minimum absolute atomic E-state index is 0.183. The van der Waals surface area contributed by atoms with Crippen LogP contribution in [-0.4, -0.2) is 20.5 Å². The molecule has 2 aromatic heterocycles. The second-order valence-electron chi connectivity index (χ2n) is 8.15. The lowest BCUT2D eigenvalue weighted by Crippen LogP contribution is -2.08. The summed E-state index contributed by atoms with van der Waals surface area (Å²) in [6, 6.07) is 10.8. The van der Waals surface area contributed by atoms with Gasteiger partial charge in [-0.15, -0.1) is 11.3 Å². The van der Waals surface area contributed by atoms with Gasteiger partial charge in [0, 0.05) is 23.4 Å². The number of carbonyl (C=O) groups is 1. The van der Waals surface area contributed by atoms with Crippen LogP contribution in [0.1, 0.15) is 40.9 Å². The minimum atomic E-state index is -0.279. The average molecular weight is 450 g/mol. The molecule has 4 aromatic rings. The number of fused-ring (bicyclic) bond motifs is 3. The zero-order chi connectivity index (χ0) is 22.2. The average Bonchev–Trinajstić information content (AvgIpc) is 3.46. The van der Waals surface area contributed by atoms with Crippen LogP contribution in [0.5, 0.6) is 0 Å². The van der Waals surface area contributed by atoms with Crippen molar-refractivity contribution < 1.29 is 13.9 Å². The van der Waals surface area contributed by atoms with Crippen LogP contribution in [0, 0.1) is 12.7 Å². The Labute approximate surface area is 189 Å². The highest BCUT2D eigenvalue weighted by molar-refractivity contribution is 7.15. The molecule has 0 fully saturated rings. The molecule has 0 bridgehead atoms. The molecule has 1 aliphatic heterocycles. The van der Waals surface area contributed by atoms with E-state index in [1.165, 1.54) is 23.5 Å². The summed E-state index contributed by atoms with van der Waals surface area (Å²) in [7, 11) is 0. The molecule has 0 aliphatic carbocycles. The fourth-order valence-corrected chi connectivity index (χ4v) is 5.50. The van der Waals surface area contributed by atoms with Gasteiger partial charge in [-0.2, -0.15) is 0 Å². The summed E-state index contributed by atoms with van der Waals surface area (Å²) in [5.41, 5.74) is 5.66. The van der Waals surface area contributed by atoms with Crippen LogP contribution in [0.15, 0.2) is 36.4 Å². The number of nitrogens with zero attached hydrogens (tertiary/aromatic N) is 3. The van der Waals surface area contributed by atoms with Crippen molar-refractivity contribution in [3.63, 3.8) is 0 Å². The van der Waals surface area contributed by atoms with Crippen molar-refractivity contribution in [2.75, 3.05) is 0 Å². The Balaban J connectivity index is 1.28. The smallest absolute Gasteiger partial charge is 0.311 e. The molecule has 0 amide bonds. The van der Waals surface area contributed by atoms with Crippen molar-refractivity contribution in [3.8, 4) is 10.6 Å². The highest BCUT2D eigenvalue weighted by Crippen LogP contribution is 2.31. The van der Waals surface area contributed by atoms with Crippen molar-refractivity contribution in [2.24, 2.45) is 0 Å². The van der Waals surface area contributed by atoms with Crippen molar-refractivity contribution in [1.82, 2.24) is 14.5 Å². The third kappa shape index (κ3) is 3.93. The highest BCUT2D eigenvalue weighted by atomic mass is 32.1. The van der Waals surface area contributed by atoms with Crippen LogP contribution in [0.2, 0.25) is 0 Å². The van der Waals surface area contributed by atoms with Crippen LogP contribution >= 0.6 is 11.3 Å². The third-order valence-corrected chi connectivity index (χ3v) is 7.04. The molecule has 32 heavy (non-hydrogen) atoms. The molecule has 0 saturated heterocycles. The standard InChI is InChI=1S/C25H24FN3O2S/c1-3-19-22(32-25(28-19)18-8-7-17(26)11-15(18)2)13-24(30)31-14-16-6-9-21-20(12-16)27-23-5-4-10-29(21)23/h6-9,11-12H,3-5,10,13-14H2,1-2H3. The first kappa shape index (κ1) is 20.8. The SMILES string of the molecule is CCc1nc(-c2ccc(F)cc2C)sc1CC(=O)OCc1ccc2c(c1)nc1n2CCC1. The maximum absolute atomic E-state index is 13.5. The molecule has 3 heterocycles. The van der Waals surface area contributed by atoms with E-state index < -0.39 is 0 Å². The summed E-state index contributed by atoms with van der Waals surface area (Å²) in [4.78, 5) is 22.9. The molecule has 0 spiro atoms. The number of esters is 1. The van der Waals surface area contributed by atoms with Gasteiger partial charge in [-0.1, -0.05) is 13.0 Å². The molecule has 164 valence electrons. The number of rotatable bonds is 6. The van der Waals surface area contributed by atoms with Crippen molar-refractivity contribution in [1.29, 1.82) is 0 Å². The highest BCUT2D eigenvalue weighted by Gasteiger charge is 2.18. The number of aromatic nitrogens is 3. The maximum Gasteiger partial charge on any atom is 0.311 e. The Morgan fingerprint density at radius 2 is 2.09 bits per heavy atom. The van der Waals surface area contributed by atoms with Crippen LogP contribution in [0.4, 0.5) is 4.39 Å². The zero-order valence-electron chi connectivity index (χ0n) is 18.2. The summed E-state index contributed by atoms with van der Waals surface area (Å²) in [5.74, 6) is 0.595. The van der Waals surface area contributed by atoms with Crippen molar-refractivity contribution in [3.05, 3.63) is 69.7 Å². The van der Waals surface area contributed by atoms with Gasteiger partial charge in [0.1, 0.15) is 23.3 Å². The Kier molecular flexibility index (Phi) is 5.51. The predicted octanol–water partition coefficient (Wildman–Crippen LogP) is 5.40. The van der Waals surface area contributed by atoms with Gasteiger partial charge in [-0.3, -0.25) is 4.79 Å². The Bertz CT molecular complexity index is 1320. The van der Waals surface area contributed by atoms with Gasteiger partial charge in [-0.05, 0) is 61.2 Å². The van der Waals surface area contributed by atoms with Gasteiger partial charge in [0.05, 0.1) is 23.1 Å². The number of halogens is 1. The quantitative estimate of drug-likeness (QED) is 0.370. The fourth-order valence-electron chi connectivity index (χ4n) is 4.28. The number of hydrogen-bond acceptors (Lipinski definition) is 5. The van der Waals surface area contributed by atoms with Gasteiger partial charge < -0.3 is 9.30 Å². The first-order valence-corrected chi connectivity index (χ1v) is 11.7. The van der Waals surface area contributed by atoms with E-state index in [1.54, 1.807) is 6.07 Å². The van der Waals surface area contributed by atoms with E-state index in [9.17, 15) is 9.18 Å². The number of ether oxygens (including phenoxy) is 1. The fraction of sp³-hybridized carbons (Fsp3) is 0.320. The van der Waals surface area contributed by atoms with Gasteiger partial charge in [-0.25, -0.2) is 14.4 Å². The first-order chi connectivity index (χ1) is 15.5. The molecule has 5 nitrogen and oxygen atoms in total. The normalized spacial score (nSPS) is 13.0. The second kappa shape index (κ2) is 8.47. The molecular weight excluding hydrogens is 425 g/mol. The topological polar surface area (TPSA) is 57.0 Å². The largest absolute Gasteiger partial charge is 0.461 e. The van der Waals surface area contributed by atoms with E-state index in [0.717, 1.165) is 74.9 Å². The number of imidazole rings is 1. The molecule has 0 saturated carbocycles. The van der Waals surface area contributed by atoms with E-state index in [4.69, 9.17) is 14.7 Å². The molecule has 0 unspecified atom stereocenters. The van der Waals surface area contributed by atoms with Crippen LogP contribution in [-0.2, 0) is 41.9 Å². The van der Waals surface area contributed by atoms with E-state index in [0.29, 0.717) is 0 Å². The molecule has 1 aliphatic rings. The minimum Gasteiger partial charge on any atom is -0.461 e. The lowest BCUT2D eigenvalue weighted by molar-refractivity contribution is -0.144. The molecule has 0 atom stereocenters. The monoisotopic (exact) mass is 449 g/mol. The Morgan fingerprint density at radius 3 is 2.91 bits per heavy atom. The van der Waals surface area contributed by atoms with Gasteiger partial charge in [0.25, 0.3) is 0 Å². The van der Waals surface area contributed by atoms with Crippen LogP contribution in [0.3, 0.4) is 0 Å². The summed E-state index contributed by atoms with van der Waals surface area (Å²) in [6.07, 6.45) is 3.08.